The van der Waals surface area contributed by atoms with Crippen molar-refractivity contribution in [3.05, 3.63) is 54.7 Å². The summed E-state index contributed by atoms with van der Waals surface area (Å²) in [5.74, 6) is -0.747. The molecule has 0 radical (unpaired) electrons. The lowest BCUT2D eigenvalue weighted by Gasteiger charge is -2.36. The first-order chi connectivity index (χ1) is 17.7. The minimum atomic E-state index is -4.99. The maximum atomic E-state index is 12.7. The molecular formula is C24H21F3N8O2. The fourth-order valence-electron chi connectivity index (χ4n) is 4.35. The van der Waals surface area contributed by atoms with Crippen LogP contribution in [0.4, 0.5) is 19.0 Å². The van der Waals surface area contributed by atoms with Gasteiger partial charge in [0, 0.05) is 74.1 Å². The predicted octanol–water partition coefficient (Wildman–Crippen LogP) is 2.24. The lowest BCUT2D eigenvalue weighted by Crippen LogP contribution is -2.54. The Hall–Kier alpha value is -4.44. The molecule has 0 unspecified atom stereocenters. The number of carbonyl (C=O) groups is 1. The van der Waals surface area contributed by atoms with Gasteiger partial charge < -0.3 is 14.9 Å². The molecule has 0 spiro atoms. The Balaban J connectivity index is 1.39. The second-order valence-electron chi connectivity index (χ2n) is 8.67. The van der Waals surface area contributed by atoms with Crippen molar-refractivity contribution in [3.63, 3.8) is 0 Å². The van der Waals surface area contributed by atoms with Crippen molar-refractivity contribution in [3.8, 4) is 28.3 Å². The number of pyridine rings is 2. The van der Waals surface area contributed by atoms with Crippen LogP contribution in [-0.4, -0.2) is 78.8 Å². The van der Waals surface area contributed by atoms with Crippen molar-refractivity contribution in [1.29, 1.82) is 5.26 Å². The highest BCUT2D eigenvalue weighted by atomic mass is 19.4. The third-order valence-corrected chi connectivity index (χ3v) is 6.29. The molecular weight excluding hydrogens is 489 g/mol. The van der Waals surface area contributed by atoms with Gasteiger partial charge in [-0.15, -0.1) is 0 Å². The van der Waals surface area contributed by atoms with E-state index in [0.29, 0.717) is 16.9 Å². The van der Waals surface area contributed by atoms with Gasteiger partial charge in [0.15, 0.2) is 0 Å². The maximum Gasteiger partial charge on any atom is 0.423 e. The third kappa shape index (κ3) is 4.58. The van der Waals surface area contributed by atoms with Gasteiger partial charge in [-0.05, 0) is 18.2 Å². The number of halogens is 3. The first kappa shape index (κ1) is 24.3. The summed E-state index contributed by atoms with van der Waals surface area (Å²) in [5.41, 5.74) is 4.30. The minimum absolute atomic E-state index is 0.0323. The van der Waals surface area contributed by atoms with Crippen molar-refractivity contribution >= 4 is 17.2 Å². The number of aliphatic hydroxyl groups excluding tert-OH is 1. The maximum absolute atomic E-state index is 12.7. The number of rotatable bonds is 4. The fraction of sp³-hybridized carbons (Fsp3) is 0.292. The summed E-state index contributed by atoms with van der Waals surface area (Å²) >= 11 is 0. The van der Waals surface area contributed by atoms with Crippen LogP contribution in [0.25, 0.3) is 27.8 Å². The summed E-state index contributed by atoms with van der Waals surface area (Å²) in [5, 5.41) is 27.4. The van der Waals surface area contributed by atoms with Crippen molar-refractivity contribution in [2.45, 2.75) is 12.3 Å². The molecule has 0 bridgehead atoms. The minimum Gasteiger partial charge on any atom is -0.376 e. The van der Waals surface area contributed by atoms with E-state index >= 15 is 0 Å². The number of alkyl halides is 3. The quantitative estimate of drug-likeness (QED) is 0.448. The molecule has 1 N–H and O–H groups in total. The molecule has 0 saturated carbocycles. The van der Waals surface area contributed by atoms with Gasteiger partial charge in [-0.3, -0.25) is 9.48 Å². The van der Waals surface area contributed by atoms with Crippen LogP contribution in [0.1, 0.15) is 5.56 Å². The van der Waals surface area contributed by atoms with Gasteiger partial charge in [0.2, 0.25) is 6.10 Å². The van der Waals surface area contributed by atoms with Crippen LogP contribution in [0.15, 0.2) is 49.2 Å². The Morgan fingerprint density at radius 1 is 1.05 bits per heavy atom. The summed E-state index contributed by atoms with van der Waals surface area (Å²) in [4.78, 5) is 19.3. The summed E-state index contributed by atoms with van der Waals surface area (Å²) < 4.78 is 41.4. The highest BCUT2D eigenvalue weighted by molar-refractivity contribution is 5.87. The molecule has 1 saturated heterocycles. The van der Waals surface area contributed by atoms with Crippen LogP contribution in [-0.2, 0) is 11.8 Å². The molecule has 10 nitrogen and oxygen atoms in total. The van der Waals surface area contributed by atoms with E-state index in [1.54, 1.807) is 27.7 Å². The van der Waals surface area contributed by atoms with E-state index in [1.165, 1.54) is 6.20 Å². The Bertz CT molecular complexity index is 1500. The Morgan fingerprint density at radius 2 is 1.81 bits per heavy atom. The number of anilines is 1. The second-order valence-corrected chi connectivity index (χ2v) is 8.67. The monoisotopic (exact) mass is 510 g/mol. The fourth-order valence-corrected chi connectivity index (χ4v) is 4.35. The lowest BCUT2D eigenvalue weighted by atomic mass is 10.0. The summed E-state index contributed by atoms with van der Waals surface area (Å²) in [6.45, 7) is 0.601. The number of aliphatic hydroxyl groups is 1. The average molecular weight is 510 g/mol. The predicted molar refractivity (Wildman–Crippen MR) is 126 cm³/mol. The first-order valence-electron chi connectivity index (χ1n) is 11.3. The molecule has 1 atom stereocenters. The molecule has 1 aliphatic rings. The van der Waals surface area contributed by atoms with Crippen molar-refractivity contribution in [1.82, 2.24) is 29.3 Å². The number of fused-ring (bicyclic) bond motifs is 1. The van der Waals surface area contributed by atoms with Crippen LogP contribution in [0.5, 0.6) is 0 Å². The normalized spacial score (nSPS) is 15.1. The van der Waals surface area contributed by atoms with Gasteiger partial charge in [-0.2, -0.15) is 28.6 Å². The highest BCUT2D eigenvalue weighted by Crippen LogP contribution is 2.32. The number of hydrogen-bond donors (Lipinski definition) is 1. The number of nitriles is 1. The van der Waals surface area contributed by atoms with E-state index in [1.807, 2.05) is 36.5 Å². The van der Waals surface area contributed by atoms with Crippen LogP contribution in [0.2, 0.25) is 0 Å². The smallest absolute Gasteiger partial charge is 0.376 e. The standard InChI is InChI=1S/C24H21F3N8O2/c1-32-13-18(12-30-32)16-8-19(21-17(9-28)11-31-35(21)14-16)15-2-3-20(29-10-15)33-4-6-34(7-5-33)23(37)22(36)24(25,26)27/h2-3,8,10-14,22,36H,4-7H2,1H3/t22-/m0/s1. The molecule has 5 heterocycles. The van der Waals surface area contributed by atoms with Crippen LogP contribution >= 0.6 is 0 Å². The summed E-state index contributed by atoms with van der Waals surface area (Å²) in [6.07, 6.45) is 0.595. The van der Waals surface area contributed by atoms with E-state index in [2.05, 4.69) is 21.3 Å². The molecule has 1 fully saturated rings. The molecule has 190 valence electrons. The van der Waals surface area contributed by atoms with Gasteiger partial charge in [-0.1, -0.05) is 0 Å². The van der Waals surface area contributed by atoms with Crippen LogP contribution in [0, 0.1) is 11.3 Å². The van der Waals surface area contributed by atoms with Crippen LogP contribution < -0.4 is 4.90 Å². The first-order valence-corrected chi connectivity index (χ1v) is 11.3. The zero-order valence-electron chi connectivity index (χ0n) is 19.6. The Morgan fingerprint density at radius 3 is 2.41 bits per heavy atom. The largest absolute Gasteiger partial charge is 0.423 e. The zero-order chi connectivity index (χ0) is 26.3. The highest BCUT2D eigenvalue weighted by Gasteiger charge is 2.45. The van der Waals surface area contributed by atoms with Gasteiger partial charge in [-0.25, -0.2) is 9.50 Å². The van der Waals surface area contributed by atoms with Crippen molar-refractivity contribution in [2.24, 2.45) is 7.05 Å². The Labute approximate surface area is 208 Å². The molecule has 13 heteroatoms. The number of carbonyl (C=O) groups excluding carboxylic acids is 1. The van der Waals surface area contributed by atoms with Gasteiger partial charge in [0.25, 0.3) is 5.91 Å². The van der Waals surface area contributed by atoms with Crippen LogP contribution in [0.3, 0.4) is 0 Å². The number of amides is 1. The third-order valence-electron chi connectivity index (χ3n) is 6.29. The average Bonchev–Trinajstić information content (AvgIpc) is 3.53. The van der Waals surface area contributed by atoms with E-state index in [4.69, 9.17) is 0 Å². The number of aromatic nitrogens is 5. The van der Waals surface area contributed by atoms with E-state index in [0.717, 1.165) is 27.2 Å². The number of hydrogen-bond acceptors (Lipinski definition) is 7. The molecule has 0 aromatic carbocycles. The lowest BCUT2D eigenvalue weighted by molar-refractivity contribution is -0.210. The van der Waals surface area contributed by atoms with Crippen molar-refractivity contribution in [2.75, 3.05) is 31.1 Å². The molecule has 1 aliphatic heterocycles. The molecule has 4 aromatic rings. The molecule has 1 amide bonds. The zero-order valence-corrected chi connectivity index (χ0v) is 19.6. The summed E-state index contributed by atoms with van der Waals surface area (Å²) in [7, 11) is 1.82. The molecule has 4 aromatic heterocycles. The second kappa shape index (κ2) is 9.21. The topological polar surface area (TPSA) is 116 Å². The van der Waals surface area contributed by atoms with Crippen molar-refractivity contribution < 1.29 is 23.1 Å². The van der Waals surface area contributed by atoms with E-state index in [9.17, 15) is 28.3 Å². The number of nitrogens with zero attached hydrogens (tertiary/aromatic N) is 8. The van der Waals surface area contributed by atoms with E-state index in [-0.39, 0.29) is 26.2 Å². The molecule has 5 rings (SSSR count). The van der Waals surface area contributed by atoms with Gasteiger partial charge >= 0.3 is 6.18 Å². The van der Waals surface area contributed by atoms with Gasteiger partial charge in [0.1, 0.15) is 11.9 Å². The Kier molecular flexibility index (Phi) is 6.04. The number of piperazine rings is 1. The number of aryl methyl sites for hydroxylation is 1. The SMILES string of the molecule is Cn1cc(-c2cc(-c3ccc(N4CCN(C(=O)[C@H](O)C(F)(F)F)CC4)nc3)c3c(C#N)cnn3c2)cn1. The van der Waals surface area contributed by atoms with E-state index < -0.39 is 18.2 Å². The molecule has 37 heavy (non-hydrogen) atoms. The molecule has 0 aliphatic carbocycles. The van der Waals surface area contributed by atoms with Gasteiger partial charge in [0.05, 0.1) is 23.5 Å². The summed E-state index contributed by atoms with van der Waals surface area (Å²) in [6, 6.07) is 7.75.